The molecule has 1 N–H and O–H groups in total. The van der Waals surface area contributed by atoms with Crippen molar-refractivity contribution in [3.05, 3.63) is 29.3 Å². The summed E-state index contributed by atoms with van der Waals surface area (Å²) in [5.74, 6) is -3.11. The zero-order chi connectivity index (χ0) is 14.0. The summed E-state index contributed by atoms with van der Waals surface area (Å²) >= 11 is 0. The van der Waals surface area contributed by atoms with E-state index in [2.05, 4.69) is 0 Å². The zero-order valence-corrected chi connectivity index (χ0v) is 10.8. The average Bonchev–Trinajstić information content (AvgIpc) is 2.82. The number of aromatic hydroxyl groups is 1. The summed E-state index contributed by atoms with van der Waals surface area (Å²) in [5, 5.41) is 9.60. The molecule has 0 bridgehead atoms. The summed E-state index contributed by atoms with van der Waals surface area (Å²) in [6, 6.07) is 1.47. The van der Waals surface area contributed by atoms with Crippen molar-refractivity contribution in [1.82, 2.24) is 4.90 Å². The molecule has 1 aliphatic carbocycles. The maximum atomic E-state index is 13.7. The number of benzene rings is 1. The predicted octanol–water partition coefficient (Wildman–Crippen LogP) is 3.08. The Bertz CT molecular complexity index is 461. The average molecular weight is 269 g/mol. The monoisotopic (exact) mass is 269 g/mol. The van der Waals surface area contributed by atoms with Gasteiger partial charge in [0.1, 0.15) is 22.9 Å². The summed E-state index contributed by atoms with van der Waals surface area (Å²) < 4.78 is 26.6. The molecule has 0 saturated heterocycles. The Hall–Kier alpha value is -1.65. The van der Waals surface area contributed by atoms with Crippen LogP contribution in [0.5, 0.6) is 5.75 Å². The molecule has 0 spiro atoms. The van der Waals surface area contributed by atoms with Gasteiger partial charge in [-0.3, -0.25) is 4.79 Å². The van der Waals surface area contributed by atoms with Gasteiger partial charge in [-0.05, 0) is 19.8 Å². The molecule has 1 aromatic carbocycles. The molecule has 19 heavy (non-hydrogen) atoms. The third-order valence-electron chi connectivity index (χ3n) is 3.62. The fourth-order valence-corrected chi connectivity index (χ4v) is 2.70. The van der Waals surface area contributed by atoms with E-state index < -0.39 is 28.9 Å². The van der Waals surface area contributed by atoms with Crippen molar-refractivity contribution in [2.24, 2.45) is 0 Å². The Morgan fingerprint density at radius 3 is 2.53 bits per heavy atom. The number of rotatable bonds is 3. The highest BCUT2D eigenvalue weighted by molar-refractivity contribution is 5.97. The number of phenols is 1. The Morgan fingerprint density at radius 2 is 2.00 bits per heavy atom. The molecule has 0 heterocycles. The molecule has 0 atom stereocenters. The number of carbonyl (C=O) groups excluding carboxylic acids is 1. The topological polar surface area (TPSA) is 40.5 Å². The van der Waals surface area contributed by atoms with Crippen LogP contribution < -0.4 is 0 Å². The Morgan fingerprint density at radius 1 is 1.37 bits per heavy atom. The van der Waals surface area contributed by atoms with Crippen molar-refractivity contribution in [2.75, 3.05) is 6.54 Å². The summed E-state index contributed by atoms with van der Waals surface area (Å²) in [6.45, 7) is 2.26. The van der Waals surface area contributed by atoms with Gasteiger partial charge in [0.05, 0.1) is 0 Å². The second-order valence-electron chi connectivity index (χ2n) is 4.81. The number of hydrogen-bond donors (Lipinski definition) is 1. The first-order valence-corrected chi connectivity index (χ1v) is 6.53. The van der Waals surface area contributed by atoms with Crippen molar-refractivity contribution in [3.8, 4) is 5.75 Å². The van der Waals surface area contributed by atoms with Crippen molar-refractivity contribution in [3.63, 3.8) is 0 Å². The number of halogens is 2. The molecule has 1 saturated carbocycles. The van der Waals surface area contributed by atoms with Gasteiger partial charge in [-0.2, -0.15) is 0 Å². The second kappa shape index (κ2) is 5.55. The largest absolute Gasteiger partial charge is 0.507 e. The van der Waals surface area contributed by atoms with Crippen LogP contribution in [0.1, 0.15) is 43.0 Å². The lowest BCUT2D eigenvalue weighted by atomic mass is 10.1. The lowest BCUT2D eigenvalue weighted by Gasteiger charge is -2.28. The zero-order valence-electron chi connectivity index (χ0n) is 10.8. The third kappa shape index (κ3) is 2.69. The van der Waals surface area contributed by atoms with E-state index in [-0.39, 0.29) is 6.04 Å². The van der Waals surface area contributed by atoms with Crippen LogP contribution in [-0.4, -0.2) is 28.5 Å². The van der Waals surface area contributed by atoms with E-state index in [1.54, 1.807) is 4.90 Å². The van der Waals surface area contributed by atoms with Crippen LogP contribution in [0.2, 0.25) is 0 Å². The molecular formula is C14H17F2NO2. The maximum absolute atomic E-state index is 13.7. The molecule has 3 nitrogen and oxygen atoms in total. The maximum Gasteiger partial charge on any atom is 0.260 e. The van der Waals surface area contributed by atoms with Crippen molar-refractivity contribution in [2.45, 2.75) is 38.6 Å². The fourth-order valence-electron chi connectivity index (χ4n) is 2.70. The van der Waals surface area contributed by atoms with Gasteiger partial charge in [-0.15, -0.1) is 0 Å². The molecular weight excluding hydrogens is 252 g/mol. The number of carbonyl (C=O) groups is 1. The van der Waals surface area contributed by atoms with Gasteiger partial charge in [0, 0.05) is 24.7 Å². The van der Waals surface area contributed by atoms with E-state index in [9.17, 15) is 18.7 Å². The van der Waals surface area contributed by atoms with Crippen LogP contribution in [0.15, 0.2) is 12.1 Å². The fraction of sp³-hybridized carbons (Fsp3) is 0.500. The van der Waals surface area contributed by atoms with Crippen LogP contribution in [0, 0.1) is 11.6 Å². The summed E-state index contributed by atoms with van der Waals surface area (Å²) in [7, 11) is 0. The molecule has 1 amide bonds. The summed E-state index contributed by atoms with van der Waals surface area (Å²) in [6.07, 6.45) is 3.88. The van der Waals surface area contributed by atoms with Gasteiger partial charge in [0.2, 0.25) is 0 Å². The predicted molar refractivity (Wildman–Crippen MR) is 67.0 cm³/mol. The molecule has 0 aliphatic heterocycles. The van der Waals surface area contributed by atoms with E-state index in [0.29, 0.717) is 12.6 Å². The van der Waals surface area contributed by atoms with E-state index in [1.165, 1.54) is 0 Å². The van der Waals surface area contributed by atoms with Gasteiger partial charge in [-0.25, -0.2) is 8.78 Å². The minimum absolute atomic E-state index is 0.0846. The Labute approximate surface area is 110 Å². The lowest BCUT2D eigenvalue weighted by molar-refractivity contribution is 0.0685. The molecule has 0 radical (unpaired) electrons. The van der Waals surface area contributed by atoms with Gasteiger partial charge >= 0.3 is 0 Å². The lowest BCUT2D eigenvalue weighted by Crippen LogP contribution is -2.39. The third-order valence-corrected chi connectivity index (χ3v) is 3.62. The van der Waals surface area contributed by atoms with Gasteiger partial charge < -0.3 is 10.0 Å². The second-order valence-corrected chi connectivity index (χ2v) is 4.81. The highest BCUT2D eigenvalue weighted by atomic mass is 19.1. The first kappa shape index (κ1) is 13.8. The van der Waals surface area contributed by atoms with Crippen molar-refractivity contribution in [1.29, 1.82) is 0 Å². The van der Waals surface area contributed by atoms with Crippen LogP contribution in [0.25, 0.3) is 0 Å². The number of amides is 1. The molecule has 1 aliphatic rings. The normalized spacial score (nSPS) is 15.7. The van der Waals surface area contributed by atoms with Crippen molar-refractivity contribution >= 4 is 5.91 Å². The molecule has 1 aromatic rings. The molecule has 104 valence electrons. The molecule has 2 rings (SSSR count). The van der Waals surface area contributed by atoms with E-state index >= 15 is 0 Å². The number of nitrogens with zero attached hydrogens (tertiary/aromatic N) is 1. The van der Waals surface area contributed by atoms with Gasteiger partial charge in [-0.1, -0.05) is 12.8 Å². The Balaban J connectivity index is 2.32. The summed E-state index contributed by atoms with van der Waals surface area (Å²) in [4.78, 5) is 13.9. The quantitative estimate of drug-likeness (QED) is 0.916. The number of hydrogen-bond acceptors (Lipinski definition) is 2. The minimum atomic E-state index is -1.01. The minimum Gasteiger partial charge on any atom is -0.507 e. The van der Waals surface area contributed by atoms with Crippen LogP contribution in [-0.2, 0) is 0 Å². The van der Waals surface area contributed by atoms with E-state index in [0.717, 1.165) is 31.7 Å². The first-order chi connectivity index (χ1) is 9.04. The summed E-state index contributed by atoms with van der Waals surface area (Å²) in [5.41, 5.74) is -0.435. The molecule has 0 unspecified atom stereocenters. The standard InChI is InChI=1S/C14H17F2NO2/c1-2-17(10-5-3-4-6-10)14(19)13-11(16)7-9(15)8-12(13)18/h7-8,10,18H,2-6H2,1H3. The van der Waals surface area contributed by atoms with Crippen LogP contribution >= 0.6 is 0 Å². The van der Waals surface area contributed by atoms with Crippen molar-refractivity contribution < 1.29 is 18.7 Å². The van der Waals surface area contributed by atoms with E-state index in [1.807, 2.05) is 6.92 Å². The van der Waals surface area contributed by atoms with Crippen LogP contribution in [0.4, 0.5) is 8.78 Å². The molecule has 5 heteroatoms. The highest BCUT2D eigenvalue weighted by Gasteiger charge is 2.29. The SMILES string of the molecule is CCN(C(=O)c1c(O)cc(F)cc1F)C1CCCC1. The first-order valence-electron chi connectivity index (χ1n) is 6.53. The molecule has 0 aromatic heterocycles. The highest BCUT2D eigenvalue weighted by Crippen LogP contribution is 2.28. The Kier molecular flexibility index (Phi) is 4.02. The van der Waals surface area contributed by atoms with Gasteiger partial charge in [0.25, 0.3) is 5.91 Å². The van der Waals surface area contributed by atoms with E-state index in [4.69, 9.17) is 0 Å². The molecule has 1 fully saturated rings. The number of phenolic OH excluding ortho intramolecular Hbond substituents is 1. The smallest absolute Gasteiger partial charge is 0.260 e. The van der Waals surface area contributed by atoms with Gasteiger partial charge in [0.15, 0.2) is 0 Å². The van der Waals surface area contributed by atoms with Crippen LogP contribution in [0.3, 0.4) is 0 Å².